The average Bonchev–Trinajstić information content (AvgIpc) is 3.11. The number of amides is 1. The molecule has 0 aliphatic rings. The lowest BCUT2D eigenvalue weighted by Crippen LogP contribution is -2.25. The number of nitrogens with one attached hydrogen (secondary N) is 2. The van der Waals surface area contributed by atoms with Crippen molar-refractivity contribution in [2.75, 3.05) is 24.1 Å². The molecule has 9 nitrogen and oxygen atoms in total. The zero-order chi connectivity index (χ0) is 21.3. The van der Waals surface area contributed by atoms with E-state index in [9.17, 15) is 4.79 Å². The van der Waals surface area contributed by atoms with E-state index in [-0.39, 0.29) is 17.6 Å². The molecule has 1 aromatic heterocycles. The number of nitrogens with two attached hydrogens (primary N) is 1. The number of hydrazone groups is 1. The van der Waals surface area contributed by atoms with E-state index in [4.69, 9.17) is 10.6 Å². The van der Waals surface area contributed by atoms with Gasteiger partial charge in [0.1, 0.15) is 5.75 Å². The number of aromatic nitrogens is 3. The molecule has 0 unspecified atom stereocenters. The van der Waals surface area contributed by atoms with Crippen LogP contribution >= 0.6 is 11.8 Å². The molecule has 0 fully saturated rings. The van der Waals surface area contributed by atoms with Gasteiger partial charge in [-0.05, 0) is 30.2 Å². The Morgan fingerprint density at radius 3 is 2.83 bits per heavy atom. The molecule has 0 saturated heterocycles. The number of methoxy groups -OCH3 is 1. The number of nitrogen functional groups attached to an aromatic ring is 1. The van der Waals surface area contributed by atoms with Crippen molar-refractivity contribution in [1.82, 2.24) is 20.2 Å². The number of aryl methyl sites for hydroxylation is 1. The molecule has 30 heavy (non-hydrogen) atoms. The van der Waals surface area contributed by atoms with Crippen LogP contribution in [0.2, 0.25) is 0 Å². The van der Waals surface area contributed by atoms with Crippen molar-refractivity contribution < 1.29 is 9.53 Å². The minimum absolute atomic E-state index is 0.117. The van der Waals surface area contributed by atoms with Crippen LogP contribution < -0.4 is 21.3 Å². The van der Waals surface area contributed by atoms with E-state index in [1.165, 1.54) is 22.0 Å². The Hall–Kier alpha value is -3.53. The van der Waals surface area contributed by atoms with Crippen LogP contribution in [-0.2, 0) is 11.3 Å². The fourth-order valence-corrected chi connectivity index (χ4v) is 3.11. The van der Waals surface area contributed by atoms with Gasteiger partial charge in [0.2, 0.25) is 11.1 Å². The zero-order valence-electron chi connectivity index (χ0n) is 16.7. The quantitative estimate of drug-likeness (QED) is 0.208. The molecule has 0 aliphatic carbocycles. The SMILES string of the molecule is COc1cccc(/C=N/Nc2nnc(SCC(=O)NCc3ccc(C)cc3)n2N)c1. The predicted octanol–water partition coefficient (Wildman–Crippen LogP) is 2.16. The normalized spacial score (nSPS) is 10.9. The molecule has 2 aromatic carbocycles. The maximum Gasteiger partial charge on any atom is 0.264 e. The zero-order valence-corrected chi connectivity index (χ0v) is 17.5. The van der Waals surface area contributed by atoms with Crippen molar-refractivity contribution in [3.05, 3.63) is 65.2 Å². The van der Waals surface area contributed by atoms with E-state index in [2.05, 4.69) is 26.0 Å². The minimum atomic E-state index is -0.117. The highest BCUT2D eigenvalue weighted by atomic mass is 32.2. The third-order valence-electron chi connectivity index (χ3n) is 4.08. The molecule has 1 heterocycles. The molecule has 3 rings (SSSR count). The Bertz CT molecular complexity index is 1020. The molecule has 0 spiro atoms. The number of hydrogen-bond acceptors (Lipinski definition) is 8. The number of hydrogen-bond donors (Lipinski definition) is 3. The van der Waals surface area contributed by atoms with Crippen LogP contribution in [0, 0.1) is 6.92 Å². The van der Waals surface area contributed by atoms with E-state index in [0.717, 1.165) is 16.9 Å². The molecule has 0 radical (unpaired) electrons. The molecule has 3 aromatic rings. The standard InChI is InChI=1S/C20H23N7O2S/c1-14-6-8-15(9-7-14)11-22-18(28)13-30-20-26-25-19(27(20)21)24-23-12-16-4-3-5-17(10-16)29-2/h3-10,12H,11,13,21H2,1-2H3,(H,22,28)(H,24,25)/b23-12+. The van der Waals surface area contributed by atoms with E-state index in [1.54, 1.807) is 13.3 Å². The molecular formula is C20H23N7O2S. The van der Waals surface area contributed by atoms with E-state index < -0.39 is 0 Å². The summed E-state index contributed by atoms with van der Waals surface area (Å²) in [5.41, 5.74) is 5.81. The van der Waals surface area contributed by atoms with Crippen LogP contribution in [-0.4, -0.2) is 39.9 Å². The molecule has 1 amide bonds. The highest BCUT2D eigenvalue weighted by Crippen LogP contribution is 2.16. The number of carbonyl (C=O) groups is 1. The van der Waals surface area contributed by atoms with Gasteiger partial charge in [-0.15, -0.1) is 10.2 Å². The van der Waals surface area contributed by atoms with Gasteiger partial charge >= 0.3 is 0 Å². The average molecular weight is 426 g/mol. The maximum absolute atomic E-state index is 12.1. The minimum Gasteiger partial charge on any atom is -0.497 e. The second-order valence-corrected chi connectivity index (χ2v) is 7.32. The predicted molar refractivity (Wildman–Crippen MR) is 118 cm³/mol. The lowest BCUT2D eigenvalue weighted by atomic mass is 10.1. The lowest BCUT2D eigenvalue weighted by molar-refractivity contribution is -0.118. The smallest absolute Gasteiger partial charge is 0.264 e. The molecule has 10 heteroatoms. The number of benzene rings is 2. The number of thioether (sulfide) groups is 1. The number of carbonyl (C=O) groups excluding carboxylic acids is 1. The van der Waals surface area contributed by atoms with Crippen LogP contribution in [0.15, 0.2) is 58.8 Å². The summed E-state index contributed by atoms with van der Waals surface area (Å²) >= 11 is 1.19. The summed E-state index contributed by atoms with van der Waals surface area (Å²) in [5.74, 6) is 7.03. The molecule has 0 saturated carbocycles. The molecule has 0 aliphatic heterocycles. The molecule has 4 N–H and O–H groups in total. The molecule has 156 valence electrons. The molecule has 0 atom stereocenters. The van der Waals surface area contributed by atoms with Crippen molar-refractivity contribution >= 4 is 29.8 Å². The van der Waals surface area contributed by atoms with Gasteiger partial charge in [0.05, 0.1) is 19.1 Å². The Morgan fingerprint density at radius 1 is 1.27 bits per heavy atom. The first-order valence-corrected chi connectivity index (χ1v) is 10.1. The maximum atomic E-state index is 12.1. The van der Waals surface area contributed by atoms with Crippen LogP contribution in [0.3, 0.4) is 0 Å². The van der Waals surface area contributed by atoms with Crippen molar-refractivity contribution in [1.29, 1.82) is 0 Å². The van der Waals surface area contributed by atoms with Gasteiger partial charge < -0.3 is 15.9 Å². The van der Waals surface area contributed by atoms with Gasteiger partial charge in [-0.25, -0.2) is 10.1 Å². The highest BCUT2D eigenvalue weighted by molar-refractivity contribution is 7.99. The second-order valence-electron chi connectivity index (χ2n) is 6.37. The summed E-state index contributed by atoms with van der Waals surface area (Å²) in [6.45, 7) is 2.50. The highest BCUT2D eigenvalue weighted by Gasteiger charge is 2.11. The van der Waals surface area contributed by atoms with Crippen molar-refractivity contribution in [2.45, 2.75) is 18.6 Å². The fourth-order valence-electron chi connectivity index (χ4n) is 2.43. The topological polar surface area (TPSA) is 119 Å². The number of ether oxygens (including phenoxy) is 1. The van der Waals surface area contributed by atoms with Crippen LogP contribution in [0.5, 0.6) is 5.75 Å². The van der Waals surface area contributed by atoms with Gasteiger partial charge in [0.15, 0.2) is 0 Å². The summed E-state index contributed by atoms with van der Waals surface area (Å²) in [7, 11) is 1.60. The van der Waals surface area contributed by atoms with E-state index in [0.29, 0.717) is 11.7 Å². The third-order valence-corrected chi connectivity index (χ3v) is 5.02. The van der Waals surface area contributed by atoms with Gasteiger partial charge in [-0.3, -0.25) is 4.79 Å². The molecular weight excluding hydrogens is 402 g/mol. The van der Waals surface area contributed by atoms with Crippen molar-refractivity contribution in [3.8, 4) is 5.75 Å². The fraction of sp³-hybridized carbons (Fsp3) is 0.200. The van der Waals surface area contributed by atoms with Gasteiger partial charge in [0.25, 0.3) is 5.95 Å². The first kappa shape index (κ1) is 21.2. The van der Waals surface area contributed by atoms with Gasteiger partial charge in [0, 0.05) is 6.54 Å². The van der Waals surface area contributed by atoms with Crippen molar-refractivity contribution in [3.63, 3.8) is 0 Å². The largest absolute Gasteiger partial charge is 0.497 e. The van der Waals surface area contributed by atoms with Crippen molar-refractivity contribution in [2.24, 2.45) is 5.10 Å². The summed E-state index contributed by atoms with van der Waals surface area (Å²) in [6.07, 6.45) is 1.61. The molecule has 0 bridgehead atoms. The van der Waals surface area contributed by atoms with E-state index in [1.807, 2.05) is 55.5 Å². The van der Waals surface area contributed by atoms with Crippen LogP contribution in [0.25, 0.3) is 0 Å². The Morgan fingerprint density at radius 2 is 2.07 bits per heavy atom. The summed E-state index contributed by atoms with van der Waals surface area (Å²) in [6, 6.07) is 15.4. The first-order chi connectivity index (χ1) is 14.5. The number of nitrogens with zero attached hydrogens (tertiary/aromatic N) is 4. The summed E-state index contributed by atoms with van der Waals surface area (Å²) in [4.78, 5) is 12.1. The second kappa shape index (κ2) is 10.3. The van der Waals surface area contributed by atoms with Crippen LogP contribution in [0.1, 0.15) is 16.7 Å². The monoisotopic (exact) mass is 425 g/mol. The Balaban J connectivity index is 1.47. The number of rotatable bonds is 9. The Kier molecular flexibility index (Phi) is 7.28. The van der Waals surface area contributed by atoms with Gasteiger partial charge in [-0.1, -0.05) is 53.7 Å². The third kappa shape index (κ3) is 5.98. The van der Waals surface area contributed by atoms with Gasteiger partial charge in [-0.2, -0.15) is 5.10 Å². The summed E-state index contributed by atoms with van der Waals surface area (Å²) < 4.78 is 6.42. The Labute approximate surface area is 178 Å². The van der Waals surface area contributed by atoms with Crippen LogP contribution in [0.4, 0.5) is 5.95 Å². The number of anilines is 1. The lowest BCUT2D eigenvalue weighted by Gasteiger charge is -2.06. The first-order valence-electron chi connectivity index (χ1n) is 9.14. The summed E-state index contributed by atoms with van der Waals surface area (Å²) in [5, 5.41) is 15.3. The van der Waals surface area contributed by atoms with E-state index >= 15 is 0 Å².